The predicted octanol–water partition coefficient (Wildman–Crippen LogP) is 4.64. The second-order valence-electron chi connectivity index (χ2n) is 4.18. The van der Waals surface area contributed by atoms with Gasteiger partial charge in [-0.1, -0.05) is 11.8 Å². The predicted molar refractivity (Wildman–Crippen MR) is 73.4 cm³/mol. The summed E-state index contributed by atoms with van der Waals surface area (Å²) < 4.78 is 37.8. The molecule has 0 aromatic heterocycles. The van der Waals surface area contributed by atoms with E-state index >= 15 is 0 Å². The van der Waals surface area contributed by atoms with Gasteiger partial charge in [-0.25, -0.2) is 0 Å². The summed E-state index contributed by atoms with van der Waals surface area (Å²) >= 11 is 0.963. The third-order valence-electron chi connectivity index (χ3n) is 2.69. The van der Waals surface area contributed by atoms with Crippen LogP contribution in [-0.4, -0.2) is 4.92 Å². The van der Waals surface area contributed by atoms with E-state index in [1.165, 1.54) is 12.1 Å². The number of rotatable bonds is 3. The molecule has 0 spiro atoms. The molecule has 4 nitrogen and oxygen atoms in total. The van der Waals surface area contributed by atoms with Crippen LogP contribution in [0, 0.1) is 21.4 Å². The summed E-state index contributed by atoms with van der Waals surface area (Å²) in [5.74, 6) is 0. The standard InChI is InChI=1S/C14H7F3N2O2S/c15-14(16,17)10-3-6-13(12(7-10)19(20)21)22-11-4-1-9(8-18)2-5-11/h1-7H. The van der Waals surface area contributed by atoms with Crippen LogP contribution in [0.25, 0.3) is 0 Å². The second-order valence-corrected chi connectivity index (χ2v) is 5.29. The SMILES string of the molecule is N#Cc1ccc(Sc2ccc(C(F)(F)F)cc2[N+](=O)[O-])cc1. The van der Waals surface area contributed by atoms with Crippen LogP contribution in [0.1, 0.15) is 11.1 Å². The first kappa shape index (κ1) is 15.9. The minimum absolute atomic E-state index is 0.0997. The lowest BCUT2D eigenvalue weighted by atomic mass is 10.2. The van der Waals surface area contributed by atoms with Gasteiger partial charge in [0.1, 0.15) is 0 Å². The van der Waals surface area contributed by atoms with Gasteiger partial charge in [-0.05, 0) is 36.4 Å². The van der Waals surface area contributed by atoms with E-state index < -0.39 is 22.4 Å². The van der Waals surface area contributed by atoms with Crippen LogP contribution in [0.15, 0.2) is 52.3 Å². The number of nitro groups is 1. The van der Waals surface area contributed by atoms with Gasteiger partial charge in [0.2, 0.25) is 0 Å². The fourth-order valence-electron chi connectivity index (χ4n) is 1.65. The molecule has 0 aliphatic heterocycles. The maximum atomic E-state index is 12.6. The second kappa shape index (κ2) is 6.07. The van der Waals surface area contributed by atoms with Crippen molar-refractivity contribution in [3.63, 3.8) is 0 Å². The van der Waals surface area contributed by atoms with Gasteiger partial charge in [0, 0.05) is 11.0 Å². The molecule has 0 aliphatic rings. The lowest BCUT2D eigenvalue weighted by Crippen LogP contribution is -2.05. The highest BCUT2D eigenvalue weighted by Gasteiger charge is 2.33. The van der Waals surface area contributed by atoms with E-state index in [-0.39, 0.29) is 4.90 Å². The molecule has 112 valence electrons. The maximum absolute atomic E-state index is 12.6. The molecule has 0 bridgehead atoms. The highest BCUT2D eigenvalue weighted by molar-refractivity contribution is 7.99. The van der Waals surface area contributed by atoms with Crippen molar-refractivity contribution in [2.45, 2.75) is 16.0 Å². The zero-order chi connectivity index (χ0) is 16.3. The van der Waals surface area contributed by atoms with Crippen molar-refractivity contribution in [1.82, 2.24) is 0 Å². The van der Waals surface area contributed by atoms with Crippen LogP contribution >= 0.6 is 11.8 Å². The van der Waals surface area contributed by atoms with Crippen molar-refractivity contribution in [1.29, 1.82) is 5.26 Å². The normalized spacial score (nSPS) is 11.0. The van der Waals surface area contributed by atoms with Crippen LogP contribution in [-0.2, 0) is 6.18 Å². The molecule has 22 heavy (non-hydrogen) atoms. The number of halogens is 3. The summed E-state index contributed by atoms with van der Waals surface area (Å²) in [6.07, 6.45) is -4.64. The Morgan fingerprint density at radius 1 is 1.14 bits per heavy atom. The van der Waals surface area contributed by atoms with Crippen molar-refractivity contribution >= 4 is 17.4 Å². The molecule has 0 N–H and O–H groups in total. The summed E-state index contributed by atoms with van der Waals surface area (Å²) in [6, 6.07) is 10.5. The quantitative estimate of drug-likeness (QED) is 0.609. The minimum Gasteiger partial charge on any atom is -0.258 e. The molecular weight excluding hydrogens is 317 g/mol. The van der Waals surface area contributed by atoms with Gasteiger partial charge in [-0.2, -0.15) is 18.4 Å². The molecule has 0 fully saturated rings. The summed E-state index contributed by atoms with van der Waals surface area (Å²) in [7, 11) is 0. The molecule has 0 heterocycles. The molecule has 2 aromatic rings. The number of benzene rings is 2. The van der Waals surface area contributed by atoms with Crippen molar-refractivity contribution in [2.24, 2.45) is 0 Å². The Hall–Kier alpha value is -2.53. The number of alkyl halides is 3. The highest BCUT2D eigenvalue weighted by atomic mass is 32.2. The van der Waals surface area contributed by atoms with E-state index in [0.29, 0.717) is 16.5 Å². The smallest absolute Gasteiger partial charge is 0.258 e. The third-order valence-corrected chi connectivity index (χ3v) is 3.77. The van der Waals surface area contributed by atoms with Gasteiger partial charge in [-0.3, -0.25) is 10.1 Å². The average Bonchev–Trinajstić information content (AvgIpc) is 2.47. The molecule has 0 aliphatic carbocycles. The molecule has 0 radical (unpaired) electrons. The van der Waals surface area contributed by atoms with E-state index in [1.807, 2.05) is 6.07 Å². The number of nitro benzene ring substituents is 1. The lowest BCUT2D eigenvalue weighted by molar-refractivity contribution is -0.388. The van der Waals surface area contributed by atoms with Crippen molar-refractivity contribution in [3.05, 3.63) is 63.7 Å². The van der Waals surface area contributed by atoms with Gasteiger partial charge in [0.05, 0.1) is 27.0 Å². The minimum atomic E-state index is -4.64. The summed E-state index contributed by atoms with van der Waals surface area (Å²) in [5, 5.41) is 19.7. The molecule has 0 saturated carbocycles. The van der Waals surface area contributed by atoms with Gasteiger partial charge >= 0.3 is 6.18 Å². The van der Waals surface area contributed by atoms with Crippen molar-refractivity contribution in [2.75, 3.05) is 0 Å². The van der Waals surface area contributed by atoms with Gasteiger partial charge in [0.25, 0.3) is 5.69 Å². The van der Waals surface area contributed by atoms with Gasteiger partial charge in [-0.15, -0.1) is 0 Å². The Labute approximate surface area is 127 Å². The zero-order valence-electron chi connectivity index (χ0n) is 10.8. The van der Waals surface area contributed by atoms with Gasteiger partial charge < -0.3 is 0 Å². The largest absolute Gasteiger partial charge is 0.416 e. The average molecular weight is 324 g/mol. The van der Waals surface area contributed by atoms with E-state index in [0.717, 1.165) is 23.9 Å². The molecule has 2 rings (SSSR count). The fourth-order valence-corrected chi connectivity index (χ4v) is 2.55. The Kier molecular flexibility index (Phi) is 4.37. The van der Waals surface area contributed by atoms with E-state index in [2.05, 4.69) is 0 Å². The first-order chi connectivity index (χ1) is 10.3. The van der Waals surface area contributed by atoms with Crippen LogP contribution in [0.4, 0.5) is 18.9 Å². The number of hydrogen-bond donors (Lipinski definition) is 0. The van der Waals surface area contributed by atoms with Gasteiger partial charge in [0.15, 0.2) is 0 Å². The number of hydrogen-bond acceptors (Lipinski definition) is 4. The topological polar surface area (TPSA) is 66.9 Å². The fraction of sp³-hybridized carbons (Fsp3) is 0.0714. The van der Waals surface area contributed by atoms with E-state index in [9.17, 15) is 23.3 Å². The summed E-state index contributed by atoms with van der Waals surface area (Å²) in [6.45, 7) is 0. The van der Waals surface area contributed by atoms with Crippen LogP contribution in [0.3, 0.4) is 0 Å². The number of nitrogens with zero attached hydrogens (tertiary/aromatic N) is 2. The molecule has 8 heteroatoms. The molecule has 0 atom stereocenters. The van der Waals surface area contributed by atoms with Crippen molar-refractivity contribution in [3.8, 4) is 6.07 Å². The Morgan fingerprint density at radius 2 is 1.77 bits per heavy atom. The Bertz CT molecular complexity index is 752. The summed E-state index contributed by atoms with van der Waals surface area (Å²) in [5.41, 5.74) is -1.25. The van der Waals surface area contributed by atoms with Crippen LogP contribution < -0.4 is 0 Å². The highest BCUT2D eigenvalue weighted by Crippen LogP contribution is 2.39. The molecule has 0 unspecified atom stereocenters. The zero-order valence-corrected chi connectivity index (χ0v) is 11.6. The van der Waals surface area contributed by atoms with E-state index in [1.54, 1.807) is 12.1 Å². The maximum Gasteiger partial charge on any atom is 0.416 e. The molecule has 2 aromatic carbocycles. The summed E-state index contributed by atoms with van der Waals surface area (Å²) in [4.78, 5) is 10.8. The van der Waals surface area contributed by atoms with Crippen LogP contribution in [0.5, 0.6) is 0 Å². The Morgan fingerprint density at radius 3 is 2.27 bits per heavy atom. The van der Waals surface area contributed by atoms with E-state index in [4.69, 9.17) is 5.26 Å². The number of nitriles is 1. The molecule has 0 amide bonds. The molecule has 0 saturated heterocycles. The van der Waals surface area contributed by atoms with Crippen LogP contribution in [0.2, 0.25) is 0 Å². The first-order valence-electron chi connectivity index (χ1n) is 5.85. The Balaban J connectivity index is 2.38. The first-order valence-corrected chi connectivity index (χ1v) is 6.66. The monoisotopic (exact) mass is 324 g/mol. The lowest BCUT2D eigenvalue weighted by Gasteiger charge is -2.08. The molecular formula is C14H7F3N2O2S. The third kappa shape index (κ3) is 3.56. The van der Waals surface area contributed by atoms with Crippen molar-refractivity contribution < 1.29 is 18.1 Å².